The zero-order valence-electron chi connectivity index (χ0n) is 16.3. The van der Waals surface area contributed by atoms with Crippen molar-refractivity contribution in [2.45, 2.75) is 64.4 Å². The molecule has 27 heavy (non-hydrogen) atoms. The molecule has 146 valence electrons. The molecule has 1 saturated carbocycles. The molecule has 2 aliphatic carbocycles. The van der Waals surface area contributed by atoms with E-state index in [4.69, 9.17) is 5.11 Å². The fourth-order valence-electron chi connectivity index (χ4n) is 4.79. The summed E-state index contributed by atoms with van der Waals surface area (Å²) in [6.45, 7) is 2.13. The Morgan fingerprint density at radius 1 is 1.26 bits per heavy atom. The third-order valence-corrected chi connectivity index (χ3v) is 6.13. The molecule has 0 amide bonds. The molecule has 4 unspecified atom stereocenters. The van der Waals surface area contributed by atoms with Crippen molar-refractivity contribution >= 4 is 5.97 Å². The molecule has 1 aromatic rings. The van der Waals surface area contributed by atoms with Gasteiger partial charge in [-0.2, -0.15) is 0 Å². The van der Waals surface area contributed by atoms with E-state index >= 15 is 0 Å². The van der Waals surface area contributed by atoms with E-state index in [1.807, 2.05) is 0 Å². The van der Waals surface area contributed by atoms with Gasteiger partial charge in [0.2, 0.25) is 0 Å². The van der Waals surface area contributed by atoms with Gasteiger partial charge in [0.1, 0.15) is 0 Å². The lowest BCUT2D eigenvalue weighted by molar-refractivity contribution is -0.137. The number of carbonyl (C=O) groups is 1. The van der Waals surface area contributed by atoms with Gasteiger partial charge in [0.25, 0.3) is 0 Å². The summed E-state index contributed by atoms with van der Waals surface area (Å²) in [6, 6.07) is 8.66. The highest BCUT2D eigenvalue weighted by Crippen LogP contribution is 2.48. The predicted octanol–water partition coefficient (Wildman–Crippen LogP) is 5.07. The summed E-state index contributed by atoms with van der Waals surface area (Å²) >= 11 is 0. The van der Waals surface area contributed by atoms with E-state index in [0.29, 0.717) is 11.8 Å². The van der Waals surface area contributed by atoms with Crippen LogP contribution >= 0.6 is 0 Å². The Kier molecular flexibility index (Phi) is 6.89. The fraction of sp³-hybridized carbons (Fsp3) is 0.542. The highest BCUT2D eigenvalue weighted by Gasteiger charge is 2.42. The Morgan fingerprint density at radius 2 is 2.11 bits per heavy atom. The average Bonchev–Trinajstić information content (AvgIpc) is 3.13. The number of hydrogen-bond acceptors (Lipinski definition) is 2. The van der Waals surface area contributed by atoms with Crippen LogP contribution in [0.1, 0.15) is 56.1 Å². The van der Waals surface area contributed by atoms with Gasteiger partial charge in [-0.15, -0.1) is 0 Å². The highest BCUT2D eigenvalue weighted by molar-refractivity contribution is 5.66. The standard InChI is InChI=1S/C24H32O3/c1-17-7-6-10-18(13-17)8-2-4-11-21-22-15-19(9-3-5-12-24(26)27)14-20(22)16-23(21)25/h4,6-7,10-11,13-14,20-23,25H,2-3,5,8-9,12,15-16H2,1H3,(H,26,27). The first kappa shape index (κ1) is 19.9. The van der Waals surface area contributed by atoms with Crippen LogP contribution in [-0.2, 0) is 11.2 Å². The summed E-state index contributed by atoms with van der Waals surface area (Å²) in [4.78, 5) is 10.6. The third kappa shape index (κ3) is 5.55. The smallest absolute Gasteiger partial charge is 0.303 e. The first-order chi connectivity index (χ1) is 13.0. The summed E-state index contributed by atoms with van der Waals surface area (Å²) in [7, 11) is 0. The Balaban J connectivity index is 1.46. The van der Waals surface area contributed by atoms with Crippen molar-refractivity contribution in [3.63, 3.8) is 0 Å². The van der Waals surface area contributed by atoms with Gasteiger partial charge in [0, 0.05) is 12.3 Å². The van der Waals surface area contributed by atoms with Gasteiger partial charge < -0.3 is 10.2 Å². The van der Waals surface area contributed by atoms with Gasteiger partial charge in [0.05, 0.1) is 6.10 Å². The van der Waals surface area contributed by atoms with Crippen LogP contribution in [0.4, 0.5) is 0 Å². The van der Waals surface area contributed by atoms with Gasteiger partial charge in [-0.1, -0.05) is 53.6 Å². The van der Waals surface area contributed by atoms with Gasteiger partial charge in [-0.05, 0) is 69.3 Å². The number of aryl methyl sites for hydroxylation is 2. The molecule has 2 aliphatic rings. The number of carboxylic acids is 1. The monoisotopic (exact) mass is 368 g/mol. The maximum atomic E-state index is 10.6. The first-order valence-corrected chi connectivity index (χ1v) is 10.3. The Morgan fingerprint density at radius 3 is 2.89 bits per heavy atom. The molecule has 0 heterocycles. The second-order valence-electron chi connectivity index (χ2n) is 8.29. The molecule has 0 saturated heterocycles. The van der Waals surface area contributed by atoms with Gasteiger partial charge >= 0.3 is 5.97 Å². The van der Waals surface area contributed by atoms with Crippen LogP contribution in [-0.4, -0.2) is 22.3 Å². The largest absolute Gasteiger partial charge is 0.481 e. The number of unbranched alkanes of at least 4 members (excludes halogenated alkanes) is 1. The predicted molar refractivity (Wildman–Crippen MR) is 109 cm³/mol. The number of allylic oxidation sites excluding steroid dienone is 3. The quantitative estimate of drug-likeness (QED) is 0.472. The molecule has 2 N–H and O–H groups in total. The second-order valence-corrected chi connectivity index (χ2v) is 8.29. The lowest BCUT2D eigenvalue weighted by Crippen LogP contribution is -2.17. The average molecular weight is 369 g/mol. The molecule has 0 bridgehead atoms. The number of fused-ring (bicyclic) bond motifs is 1. The summed E-state index contributed by atoms with van der Waals surface area (Å²) in [5.74, 6) is 0.595. The van der Waals surface area contributed by atoms with Crippen molar-refractivity contribution < 1.29 is 15.0 Å². The third-order valence-electron chi connectivity index (χ3n) is 6.13. The van der Waals surface area contributed by atoms with Gasteiger partial charge in [-0.25, -0.2) is 0 Å². The molecule has 1 fully saturated rings. The first-order valence-electron chi connectivity index (χ1n) is 10.3. The SMILES string of the molecule is Cc1cccc(CCC=CC2C(O)CC3C=C(CCCCC(=O)O)CC32)c1. The van der Waals surface area contributed by atoms with Crippen LogP contribution in [0, 0.1) is 24.7 Å². The van der Waals surface area contributed by atoms with E-state index in [0.717, 1.165) is 44.9 Å². The second kappa shape index (κ2) is 9.36. The number of rotatable bonds is 9. The maximum Gasteiger partial charge on any atom is 0.303 e. The van der Waals surface area contributed by atoms with Crippen molar-refractivity contribution in [3.05, 3.63) is 59.2 Å². The lowest BCUT2D eigenvalue weighted by atomic mass is 9.88. The van der Waals surface area contributed by atoms with Crippen molar-refractivity contribution in [2.24, 2.45) is 17.8 Å². The normalized spacial score (nSPS) is 27.1. The molecule has 0 radical (unpaired) electrons. The Bertz CT molecular complexity index is 703. The highest BCUT2D eigenvalue weighted by atomic mass is 16.4. The zero-order valence-corrected chi connectivity index (χ0v) is 16.3. The summed E-state index contributed by atoms with van der Waals surface area (Å²) in [5, 5.41) is 19.2. The van der Waals surface area contributed by atoms with Crippen molar-refractivity contribution in [3.8, 4) is 0 Å². The molecule has 0 aliphatic heterocycles. The number of hydrogen-bond donors (Lipinski definition) is 2. The molecule has 3 rings (SSSR count). The van der Waals surface area contributed by atoms with Crippen LogP contribution in [0.5, 0.6) is 0 Å². The molecule has 3 heteroatoms. The van der Waals surface area contributed by atoms with Gasteiger partial charge in [0.15, 0.2) is 0 Å². The lowest BCUT2D eigenvalue weighted by Gasteiger charge is -2.18. The number of benzene rings is 1. The van der Waals surface area contributed by atoms with E-state index in [1.165, 1.54) is 16.7 Å². The molecule has 0 aromatic heterocycles. The Hall–Kier alpha value is -1.87. The van der Waals surface area contributed by atoms with Crippen LogP contribution in [0.3, 0.4) is 0 Å². The minimum absolute atomic E-state index is 0.222. The minimum atomic E-state index is -0.703. The topological polar surface area (TPSA) is 57.5 Å². The van der Waals surface area contributed by atoms with E-state index in [-0.39, 0.29) is 18.4 Å². The summed E-state index contributed by atoms with van der Waals surface area (Å²) < 4.78 is 0. The number of aliphatic hydroxyl groups is 1. The number of aliphatic carboxylic acids is 1. The zero-order chi connectivity index (χ0) is 19.2. The maximum absolute atomic E-state index is 10.6. The molecule has 0 spiro atoms. The van der Waals surface area contributed by atoms with E-state index < -0.39 is 5.97 Å². The number of aliphatic hydroxyl groups excluding tert-OH is 1. The Labute approximate surface area is 162 Å². The molecule has 4 atom stereocenters. The van der Waals surface area contributed by atoms with Crippen LogP contribution in [0.15, 0.2) is 48.1 Å². The van der Waals surface area contributed by atoms with Gasteiger partial charge in [-0.3, -0.25) is 4.79 Å². The van der Waals surface area contributed by atoms with E-state index in [2.05, 4.69) is 49.4 Å². The molecular weight excluding hydrogens is 336 g/mol. The van der Waals surface area contributed by atoms with Crippen molar-refractivity contribution in [1.82, 2.24) is 0 Å². The summed E-state index contributed by atoms with van der Waals surface area (Å²) in [5.41, 5.74) is 4.15. The van der Waals surface area contributed by atoms with Crippen LogP contribution in [0.2, 0.25) is 0 Å². The van der Waals surface area contributed by atoms with Crippen LogP contribution < -0.4 is 0 Å². The van der Waals surface area contributed by atoms with Crippen molar-refractivity contribution in [1.29, 1.82) is 0 Å². The fourth-order valence-corrected chi connectivity index (χ4v) is 4.79. The molecule has 3 nitrogen and oxygen atoms in total. The van der Waals surface area contributed by atoms with E-state index in [1.54, 1.807) is 0 Å². The molecular formula is C24H32O3. The minimum Gasteiger partial charge on any atom is -0.481 e. The summed E-state index contributed by atoms with van der Waals surface area (Å²) in [6.07, 6.45) is 13.7. The molecule has 1 aromatic carbocycles. The number of carboxylic acid groups (broad SMARTS) is 1. The van der Waals surface area contributed by atoms with Crippen LogP contribution in [0.25, 0.3) is 0 Å². The van der Waals surface area contributed by atoms with E-state index in [9.17, 15) is 9.90 Å². The van der Waals surface area contributed by atoms with Crippen molar-refractivity contribution in [2.75, 3.05) is 0 Å².